The number of benzene rings is 2. The molecule has 0 unspecified atom stereocenters. The second-order valence-corrected chi connectivity index (χ2v) is 8.21. The van der Waals surface area contributed by atoms with Crippen molar-refractivity contribution in [2.45, 2.75) is 50.6 Å². The Morgan fingerprint density at radius 1 is 1.04 bits per heavy atom. The van der Waals surface area contributed by atoms with Crippen LogP contribution in [0.1, 0.15) is 31.4 Å². The molecule has 0 aromatic heterocycles. The molecule has 1 amide bonds. The molecule has 0 spiro atoms. The van der Waals surface area contributed by atoms with Crippen LogP contribution in [-0.2, 0) is 21.2 Å². The first kappa shape index (κ1) is 20.1. The Hall–Kier alpha value is -2.18. The molecule has 6 heteroatoms. The SMILES string of the molecule is CC[C@H](C)NC(=O)[C@H](Cc1ccccc1)NS(=O)(=O)c1ccc(C)cc1. The van der Waals surface area contributed by atoms with Crippen molar-refractivity contribution in [3.63, 3.8) is 0 Å². The summed E-state index contributed by atoms with van der Waals surface area (Å²) in [6.45, 7) is 5.75. The quantitative estimate of drug-likeness (QED) is 0.746. The van der Waals surface area contributed by atoms with E-state index in [0.717, 1.165) is 17.5 Å². The molecule has 2 atom stereocenters. The number of sulfonamides is 1. The first-order valence-electron chi connectivity index (χ1n) is 8.75. The molecule has 0 aliphatic heterocycles. The van der Waals surface area contributed by atoms with Gasteiger partial charge in [-0.25, -0.2) is 8.42 Å². The molecule has 140 valence electrons. The van der Waals surface area contributed by atoms with E-state index in [2.05, 4.69) is 10.0 Å². The monoisotopic (exact) mass is 374 g/mol. The largest absolute Gasteiger partial charge is 0.352 e. The lowest BCUT2D eigenvalue weighted by Gasteiger charge is -2.21. The van der Waals surface area contributed by atoms with Crippen LogP contribution in [0.3, 0.4) is 0 Å². The third-order valence-corrected chi connectivity index (χ3v) is 5.72. The van der Waals surface area contributed by atoms with E-state index >= 15 is 0 Å². The maximum Gasteiger partial charge on any atom is 0.241 e. The summed E-state index contributed by atoms with van der Waals surface area (Å²) < 4.78 is 28.0. The van der Waals surface area contributed by atoms with Gasteiger partial charge in [0.05, 0.1) is 4.90 Å². The van der Waals surface area contributed by atoms with E-state index in [1.807, 2.05) is 51.1 Å². The lowest BCUT2D eigenvalue weighted by molar-refractivity contribution is -0.123. The number of nitrogens with one attached hydrogen (secondary N) is 2. The number of carbonyl (C=O) groups excluding carboxylic acids is 1. The van der Waals surface area contributed by atoms with Gasteiger partial charge in [-0.05, 0) is 44.4 Å². The van der Waals surface area contributed by atoms with Gasteiger partial charge >= 0.3 is 0 Å². The summed E-state index contributed by atoms with van der Waals surface area (Å²) in [5.41, 5.74) is 1.86. The molecule has 0 aliphatic carbocycles. The third-order valence-electron chi connectivity index (χ3n) is 4.23. The van der Waals surface area contributed by atoms with E-state index in [4.69, 9.17) is 0 Å². The molecule has 2 N–H and O–H groups in total. The van der Waals surface area contributed by atoms with Crippen molar-refractivity contribution in [3.05, 3.63) is 65.7 Å². The average molecular weight is 375 g/mol. The number of carbonyl (C=O) groups is 1. The van der Waals surface area contributed by atoms with Gasteiger partial charge in [0.1, 0.15) is 6.04 Å². The standard InChI is InChI=1S/C20H26N2O3S/c1-4-16(3)21-20(23)19(14-17-8-6-5-7-9-17)22-26(24,25)18-12-10-15(2)11-13-18/h5-13,16,19,22H,4,14H2,1-3H3,(H,21,23)/t16-,19-/m0/s1. The molecule has 2 aromatic carbocycles. The van der Waals surface area contributed by atoms with E-state index < -0.39 is 16.1 Å². The molecule has 2 rings (SSSR count). The van der Waals surface area contributed by atoms with Crippen LogP contribution in [0.2, 0.25) is 0 Å². The number of rotatable bonds is 8. The predicted octanol–water partition coefficient (Wildman–Crippen LogP) is 2.80. The highest BCUT2D eigenvalue weighted by Gasteiger charge is 2.26. The van der Waals surface area contributed by atoms with Gasteiger partial charge in [-0.15, -0.1) is 0 Å². The van der Waals surface area contributed by atoms with Crippen LogP contribution in [0.4, 0.5) is 0 Å². The van der Waals surface area contributed by atoms with Gasteiger partial charge in [-0.1, -0.05) is 55.0 Å². The van der Waals surface area contributed by atoms with Crippen LogP contribution >= 0.6 is 0 Å². The van der Waals surface area contributed by atoms with Gasteiger partial charge in [0, 0.05) is 6.04 Å². The molecule has 0 fully saturated rings. The summed E-state index contributed by atoms with van der Waals surface area (Å²) in [7, 11) is -3.79. The van der Waals surface area contributed by atoms with Crippen LogP contribution in [0.15, 0.2) is 59.5 Å². The number of hydrogen-bond donors (Lipinski definition) is 2. The van der Waals surface area contributed by atoms with Gasteiger partial charge in [-0.3, -0.25) is 4.79 Å². The average Bonchev–Trinajstić information content (AvgIpc) is 2.62. The highest BCUT2D eigenvalue weighted by Crippen LogP contribution is 2.12. The van der Waals surface area contributed by atoms with Crippen LogP contribution < -0.4 is 10.0 Å². The minimum absolute atomic E-state index is 0.0235. The van der Waals surface area contributed by atoms with Gasteiger partial charge in [0.2, 0.25) is 15.9 Å². The molecule has 26 heavy (non-hydrogen) atoms. The van der Waals surface area contributed by atoms with Gasteiger partial charge in [0.15, 0.2) is 0 Å². The van der Waals surface area contributed by atoms with Crippen molar-refractivity contribution in [3.8, 4) is 0 Å². The van der Waals surface area contributed by atoms with Gasteiger partial charge < -0.3 is 5.32 Å². The molecule has 5 nitrogen and oxygen atoms in total. The summed E-state index contributed by atoms with van der Waals surface area (Å²) in [6.07, 6.45) is 1.06. The van der Waals surface area contributed by atoms with E-state index in [0.29, 0.717) is 0 Å². The van der Waals surface area contributed by atoms with Gasteiger partial charge in [0.25, 0.3) is 0 Å². The molecule has 0 saturated heterocycles. The summed E-state index contributed by atoms with van der Waals surface area (Å²) in [4.78, 5) is 12.8. The fourth-order valence-corrected chi connectivity index (χ4v) is 3.65. The second-order valence-electron chi connectivity index (χ2n) is 6.49. The van der Waals surface area contributed by atoms with E-state index in [9.17, 15) is 13.2 Å². The zero-order valence-corrected chi connectivity index (χ0v) is 16.2. The number of hydrogen-bond acceptors (Lipinski definition) is 3. The van der Waals surface area contributed by atoms with Crippen molar-refractivity contribution in [2.24, 2.45) is 0 Å². The van der Waals surface area contributed by atoms with Crippen LogP contribution in [0, 0.1) is 6.92 Å². The van der Waals surface area contributed by atoms with Crippen molar-refractivity contribution >= 4 is 15.9 Å². The first-order valence-corrected chi connectivity index (χ1v) is 10.2. The zero-order chi connectivity index (χ0) is 19.2. The van der Waals surface area contributed by atoms with Crippen LogP contribution in [0.5, 0.6) is 0 Å². The Morgan fingerprint density at radius 2 is 1.65 bits per heavy atom. The molecule has 0 saturated carbocycles. The van der Waals surface area contributed by atoms with Crippen LogP contribution in [0.25, 0.3) is 0 Å². The minimum Gasteiger partial charge on any atom is -0.352 e. The Kier molecular flexibility index (Phi) is 6.94. The first-order chi connectivity index (χ1) is 12.3. The molecule has 0 heterocycles. The van der Waals surface area contributed by atoms with Crippen molar-refractivity contribution < 1.29 is 13.2 Å². The van der Waals surface area contributed by atoms with E-state index in [1.165, 1.54) is 0 Å². The van der Waals surface area contributed by atoms with Gasteiger partial charge in [-0.2, -0.15) is 4.72 Å². The zero-order valence-electron chi connectivity index (χ0n) is 15.4. The van der Waals surface area contributed by atoms with E-state index in [1.54, 1.807) is 24.3 Å². The van der Waals surface area contributed by atoms with Crippen molar-refractivity contribution in [1.29, 1.82) is 0 Å². The Bertz CT molecular complexity index is 818. The van der Waals surface area contributed by atoms with Crippen molar-refractivity contribution in [1.82, 2.24) is 10.0 Å². The second kappa shape index (κ2) is 8.96. The topological polar surface area (TPSA) is 75.3 Å². The molecule has 0 bridgehead atoms. The Morgan fingerprint density at radius 3 is 2.23 bits per heavy atom. The predicted molar refractivity (Wildman–Crippen MR) is 103 cm³/mol. The normalized spacial score (nSPS) is 13.8. The molecule has 0 aliphatic rings. The highest BCUT2D eigenvalue weighted by atomic mass is 32.2. The maximum atomic E-state index is 12.7. The summed E-state index contributed by atoms with van der Waals surface area (Å²) in [5, 5.41) is 2.87. The Labute approximate surface area is 155 Å². The minimum atomic E-state index is -3.79. The van der Waals surface area contributed by atoms with Crippen LogP contribution in [-0.4, -0.2) is 26.4 Å². The fraction of sp³-hybridized carbons (Fsp3) is 0.350. The highest BCUT2D eigenvalue weighted by molar-refractivity contribution is 7.89. The van der Waals surface area contributed by atoms with Crippen molar-refractivity contribution in [2.75, 3.05) is 0 Å². The lowest BCUT2D eigenvalue weighted by atomic mass is 10.1. The van der Waals surface area contributed by atoms with E-state index in [-0.39, 0.29) is 23.3 Å². The molecular formula is C20H26N2O3S. The number of aryl methyl sites for hydroxylation is 1. The summed E-state index contributed by atoms with van der Waals surface area (Å²) >= 11 is 0. The number of amides is 1. The summed E-state index contributed by atoms with van der Waals surface area (Å²) in [5.74, 6) is -0.320. The Balaban J connectivity index is 2.24. The smallest absolute Gasteiger partial charge is 0.241 e. The molecule has 0 radical (unpaired) electrons. The molecular weight excluding hydrogens is 348 g/mol. The fourth-order valence-electron chi connectivity index (χ4n) is 2.46. The summed E-state index contributed by atoms with van der Waals surface area (Å²) in [6, 6.07) is 15.0. The molecule has 2 aromatic rings. The lowest BCUT2D eigenvalue weighted by Crippen LogP contribution is -2.50. The maximum absolute atomic E-state index is 12.7. The third kappa shape index (κ3) is 5.68.